The summed E-state index contributed by atoms with van der Waals surface area (Å²) in [5, 5.41) is 5.75. The maximum Gasteiger partial charge on any atom is 0.239 e. The summed E-state index contributed by atoms with van der Waals surface area (Å²) in [6.45, 7) is 0.0880. The molecule has 19 heavy (non-hydrogen) atoms. The minimum absolute atomic E-state index is 0.0203. The highest BCUT2D eigenvalue weighted by Crippen LogP contribution is 2.19. The van der Waals surface area contributed by atoms with E-state index in [4.69, 9.17) is 11.3 Å². The standard InChI is InChI=1S/C10H10F3N5O/c11-6-3-5(4-7(12)8(6)13)9(10(14)19)16-1-2-17-18-15/h3-4,9,16H,1-2H2,(H2,14,19). The highest BCUT2D eigenvalue weighted by atomic mass is 19.2. The Hall–Kier alpha value is -2.25. The zero-order valence-corrected chi connectivity index (χ0v) is 9.61. The number of halogens is 3. The molecule has 0 saturated carbocycles. The van der Waals surface area contributed by atoms with Crippen LogP contribution in [0.5, 0.6) is 0 Å². The fraction of sp³-hybridized carbons (Fsp3) is 0.300. The van der Waals surface area contributed by atoms with Crippen LogP contribution in [0.15, 0.2) is 17.2 Å². The number of nitrogens with two attached hydrogens (primary N) is 1. The first-order chi connectivity index (χ1) is 8.97. The van der Waals surface area contributed by atoms with E-state index in [9.17, 15) is 18.0 Å². The van der Waals surface area contributed by atoms with Crippen molar-refractivity contribution in [2.75, 3.05) is 13.1 Å². The lowest BCUT2D eigenvalue weighted by molar-refractivity contribution is -0.120. The molecule has 6 nitrogen and oxygen atoms in total. The van der Waals surface area contributed by atoms with E-state index in [2.05, 4.69) is 15.3 Å². The molecule has 102 valence electrons. The predicted octanol–water partition coefficient (Wildman–Crippen LogP) is 1.53. The minimum Gasteiger partial charge on any atom is -0.368 e. The summed E-state index contributed by atoms with van der Waals surface area (Å²) in [6, 6.07) is 0.140. The molecule has 0 spiro atoms. The van der Waals surface area contributed by atoms with Gasteiger partial charge in [0.2, 0.25) is 5.91 Å². The molecule has 1 amide bonds. The van der Waals surface area contributed by atoms with Gasteiger partial charge in [0.05, 0.1) is 0 Å². The van der Waals surface area contributed by atoms with Gasteiger partial charge in [0, 0.05) is 18.0 Å². The van der Waals surface area contributed by atoms with Crippen LogP contribution in [-0.2, 0) is 4.79 Å². The molecule has 0 radical (unpaired) electrons. The molecule has 1 unspecified atom stereocenters. The van der Waals surface area contributed by atoms with Crippen LogP contribution in [0.25, 0.3) is 10.4 Å². The molecule has 0 heterocycles. The second-order valence-corrected chi connectivity index (χ2v) is 3.54. The summed E-state index contributed by atoms with van der Waals surface area (Å²) in [5.41, 5.74) is 13.0. The number of azide groups is 1. The molecule has 0 saturated heterocycles. The number of hydrogen-bond acceptors (Lipinski definition) is 3. The molecular formula is C10H10F3N5O. The Morgan fingerprint density at radius 3 is 2.47 bits per heavy atom. The van der Waals surface area contributed by atoms with Gasteiger partial charge in [-0.25, -0.2) is 13.2 Å². The third-order valence-electron chi connectivity index (χ3n) is 2.25. The van der Waals surface area contributed by atoms with Crippen molar-refractivity contribution < 1.29 is 18.0 Å². The quantitative estimate of drug-likeness (QED) is 0.270. The van der Waals surface area contributed by atoms with Crippen molar-refractivity contribution >= 4 is 5.91 Å². The zero-order valence-electron chi connectivity index (χ0n) is 9.61. The van der Waals surface area contributed by atoms with E-state index in [1.807, 2.05) is 0 Å². The minimum atomic E-state index is -1.62. The fourth-order valence-electron chi connectivity index (χ4n) is 1.43. The summed E-state index contributed by atoms with van der Waals surface area (Å²) in [7, 11) is 0. The molecule has 0 aliphatic heterocycles. The summed E-state index contributed by atoms with van der Waals surface area (Å²) >= 11 is 0. The van der Waals surface area contributed by atoms with Gasteiger partial charge in [-0.1, -0.05) is 5.11 Å². The largest absolute Gasteiger partial charge is 0.368 e. The van der Waals surface area contributed by atoms with Crippen molar-refractivity contribution in [2.24, 2.45) is 10.8 Å². The molecule has 0 aromatic heterocycles. The number of carbonyl (C=O) groups is 1. The van der Waals surface area contributed by atoms with Crippen LogP contribution in [-0.4, -0.2) is 19.0 Å². The number of rotatable bonds is 6. The van der Waals surface area contributed by atoms with Crippen LogP contribution >= 0.6 is 0 Å². The van der Waals surface area contributed by atoms with Crippen molar-refractivity contribution in [3.63, 3.8) is 0 Å². The topological polar surface area (TPSA) is 104 Å². The van der Waals surface area contributed by atoms with E-state index in [0.29, 0.717) is 12.1 Å². The van der Waals surface area contributed by atoms with E-state index in [-0.39, 0.29) is 18.7 Å². The molecule has 1 rings (SSSR count). The molecule has 3 N–H and O–H groups in total. The molecule has 0 fully saturated rings. The van der Waals surface area contributed by atoms with Crippen LogP contribution in [0.2, 0.25) is 0 Å². The molecule has 0 bridgehead atoms. The van der Waals surface area contributed by atoms with Crippen LogP contribution in [0.1, 0.15) is 11.6 Å². The smallest absolute Gasteiger partial charge is 0.239 e. The number of primary amides is 1. The van der Waals surface area contributed by atoms with Crippen LogP contribution in [0.3, 0.4) is 0 Å². The van der Waals surface area contributed by atoms with Crippen LogP contribution in [0, 0.1) is 17.5 Å². The number of benzene rings is 1. The number of carbonyl (C=O) groups excluding carboxylic acids is 1. The van der Waals surface area contributed by atoms with Gasteiger partial charge in [0.15, 0.2) is 17.5 Å². The summed E-state index contributed by atoms with van der Waals surface area (Å²) in [5.74, 6) is -5.36. The number of nitrogens with zero attached hydrogens (tertiary/aromatic N) is 3. The van der Waals surface area contributed by atoms with E-state index in [1.165, 1.54) is 0 Å². The average molecular weight is 273 g/mol. The number of nitrogens with one attached hydrogen (secondary N) is 1. The van der Waals surface area contributed by atoms with Crippen molar-refractivity contribution in [3.05, 3.63) is 45.6 Å². The molecule has 0 aliphatic carbocycles. The van der Waals surface area contributed by atoms with Crippen molar-refractivity contribution in [3.8, 4) is 0 Å². The van der Waals surface area contributed by atoms with E-state index < -0.39 is 29.4 Å². The first kappa shape index (κ1) is 14.8. The zero-order chi connectivity index (χ0) is 14.4. The lowest BCUT2D eigenvalue weighted by Crippen LogP contribution is -2.35. The molecule has 9 heteroatoms. The van der Waals surface area contributed by atoms with Crippen molar-refractivity contribution in [2.45, 2.75) is 6.04 Å². The highest BCUT2D eigenvalue weighted by molar-refractivity contribution is 5.81. The summed E-state index contributed by atoms with van der Waals surface area (Å²) in [6.07, 6.45) is 0. The third-order valence-corrected chi connectivity index (χ3v) is 2.25. The lowest BCUT2D eigenvalue weighted by Gasteiger charge is -2.15. The molecule has 1 aromatic carbocycles. The molecular weight excluding hydrogens is 263 g/mol. The maximum atomic E-state index is 13.0. The van der Waals surface area contributed by atoms with Gasteiger partial charge in [0.1, 0.15) is 6.04 Å². The fourth-order valence-corrected chi connectivity index (χ4v) is 1.43. The van der Waals surface area contributed by atoms with E-state index in [0.717, 1.165) is 0 Å². The van der Waals surface area contributed by atoms with Gasteiger partial charge in [0.25, 0.3) is 0 Å². The Kier molecular flexibility index (Phi) is 5.16. The van der Waals surface area contributed by atoms with Crippen molar-refractivity contribution in [1.82, 2.24) is 5.32 Å². The number of hydrogen-bond donors (Lipinski definition) is 2. The summed E-state index contributed by atoms with van der Waals surface area (Å²) in [4.78, 5) is 13.7. The van der Waals surface area contributed by atoms with Gasteiger partial charge in [-0.15, -0.1) is 0 Å². The van der Waals surface area contributed by atoms with Gasteiger partial charge < -0.3 is 11.1 Å². The monoisotopic (exact) mass is 273 g/mol. The first-order valence-electron chi connectivity index (χ1n) is 5.15. The average Bonchev–Trinajstić information content (AvgIpc) is 2.35. The second kappa shape index (κ2) is 6.62. The van der Waals surface area contributed by atoms with Crippen LogP contribution in [0.4, 0.5) is 13.2 Å². The highest BCUT2D eigenvalue weighted by Gasteiger charge is 2.21. The van der Waals surface area contributed by atoms with Gasteiger partial charge in [-0.05, 0) is 23.2 Å². The Morgan fingerprint density at radius 2 is 2.00 bits per heavy atom. The Morgan fingerprint density at radius 1 is 1.42 bits per heavy atom. The molecule has 1 atom stereocenters. The van der Waals surface area contributed by atoms with Gasteiger partial charge >= 0.3 is 0 Å². The Bertz CT molecular complexity index is 507. The predicted molar refractivity (Wildman–Crippen MR) is 60.3 cm³/mol. The molecule has 0 aliphatic rings. The molecule has 1 aromatic rings. The van der Waals surface area contributed by atoms with E-state index >= 15 is 0 Å². The Labute approximate surface area is 106 Å². The maximum absolute atomic E-state index is 13.0. The van der Waals surface area contributed by atoms with E-state index in [1.54, 1.807) is 0 Å². The summed E-state index contributed by atoms with van der Waals surface area (Å²) < 4.78 is 38.9. The first-order valence-corrected chi connectivity index (χ1v) is 5.15. The number of amides is 1. The van der Waals surface area contributed by atoms with Crippen LogP contribution < -0.4 is 11.1 Å². The lowest BCUT2D eigenvalue weighted by atomic mass is 10.1. The SMILES string of the molecule is [N-]=[N+]=NCCNC(C(N)=O)c1cc(F)c(F)c(F)c1. The van der Waals surface area contributed by atoms with Gasteiger partial charge in [-0.2, -0.15) is 0 Å². The Balaban J connectivity index is 2.93. The normalized spacial score (nSPS) is 11.7. The second-order valence-electron chi connectivity index (χ2n) is 3.54. The van der Waals surface area contributed by atoms with Gasteiger partial charge in [-0.3, -0.25) is 4.79 Å². The van der Waals surface area contributed by atoms with Crippen molar-refractivity contribution in [1.29, 1.82) is 0 Å². The third kappa shape index (κ3) is 3.87.